The van der Waals surface area contributed by atoms with Gasteiger partial charge in [0.1, 0.15) is 5.82 Å². The molecule has 0 radical (unpaired) electrons. The first-order valence-corrected chi connectivity index (χ1v) is 5.23. The number of aliphatic carboxylic acids is 1. The fourth-order valence-electron chi connectivity index (χ4n) is 0.862. The molecule has 0 aliphatic carbocycles. The van der Waals surface area contributed by atoms with Crippen molar-refractivity contribution in [3.63, 3.8) is 0 Å². The Labute approximate surface area is 96.4 Å². The Morgan fingerprint density at radius 1 is 1.62 bits per heavy atom. The van der Waals surface area contributed by atoms with E-state index in [2.05, 4.69) is 15.9 Å². The molecule has 0 heterocycles. The van der Waals surface area contributed by atoms with Gasteiger partial charge < -0.3 is 5.11 Å². The van der Waals surface area contributed by atoms with Crippen LogP contribution < -0.4 is 0 Å². The van der Waals surface area contributed by atoms with E-state index in [-0.39, 0.29) is 12.2 Å². The number of carboxylic acid groups (broad SMARTS) is 1. The molecule has 0 bridgehead atoms. The van der Waals surface area contributed by atoms with Crippen molar-refractivity contribution in [3.8, 4) is 0 Å². The quantitative estimate of drug-likeness (QED) is 0.652. The summed E-state index contributed by atoms with van der Waals surface area (Å²) in [5.41, 5.74) is 0.449. The third kappa shape index (κ3) is 2.91. The van der Waals surface area contributed by atoms with Crippen molar-refractivity contribution in [2.24, 2.45) is 0 Å². The van der Waals surface area contributed by atoms with Crippen LogP contribution in [0, 0.1) is 9.39 Å². The topological polar surface area (TPSA) is 37.3 Å². The van der Waals surface area contributed by atoms with Crippen molar-refractivity contribution in [1.82, 2.24) is 0 Å². The van der Waals surface area contributed by atoms with Gasteiger partial charge in [0.05, 0.1) is 6.42 Å². The largest absolute Gasteiger partial charge is 0.481 e. The minimum atomic E-state index is -0.971. The van der Waals surface area contributed by atoms with E-state index in [1.165, 1.54) is 6.07 Å². The van der Waals surface area contributed by atoms with Gasteiger partial charge in [-0.05, 0) is 40.3 Å². The van der Waals surface area contributed by atoms with Gasteiger partial charge in [-0.25, -0.2) is 4.39 Å². The lowest BCUT2D eigenvalue weighted by Crippen LogP contribution is -2.02. The van der Waals surface area contributed by atoms with Crippen molar-refractivity contribution in [1.29, 1.82) is 0 Å². The monoisotopic (exact) mass is 358 g/mol. The van der Waals surface area contributed by atoms with Gasteiger partial charge in [-0.3, -0.25) is 4.79 Å². The first-order valence-electron chi connectivity index (χ1n) is 3.36. The number of hydrogen-bond acceptors (Lipinski definition) is 1. The van der Waals surface area contributed by atoms with Crippen LogP contribution in [0.15, 0.2) is 16.6 Å². The van der Waals surface area contributed by atoms with E-state index in [9.17, 15) is 9.18 Å². The molecular weight excluding hydrogens is 354 g/mol. The van der Waals surface area contributed by atoms with Crippen LogP contribution in [0.3, 0.4) is 0 Å². The molecular formula is C8H5BrFIO2. The lowest BCUT2D eigenvalue weighted by Gasteiger charge is -2.02. The van der Waals surface area contributed by atoms with Crippen LogP contribution in [0.4, 0.5) is 4.39 Å². The first kappa shape index (κ1) is 10.9. The average Bonchev–Trinajstić information content (AvgIpc) is 1.99. The second-order valence-electron chi connectivity index (χ2n) is 2.43. The van der Waals surface area contributed by atoms with E-state index >= 15 is 0 Å². The van der Waals surface area contributed by atoms with E-state index in [1.807, 2.05) is 22.6 Å². The molecule has 0 spiro atoms. The highest BCUT2D eigenvalue weighted by atomic mass is 127. The summed E-state index contributed by atoms with van der Waals surface area (Å²) in [6, 6.07) is 2.80. The van der Waals surface area contributed by atoms with Crippen molar-refractivity contribution >= 4 is 44.5 Å². The van der Waals surface area contributed by atoms with E-state index in [0.717, 1.165) is 0 Å². The normalized spacial score (nSPS) is 10.1. The average molecular weight is 359 g/mol. The predicted molar refractivity (Wildman–Crippen MR) is 58.2 cm³/mol. The van der Waals surface area contributed by atoms with Crippen LogP contribution in [0.2, 0.25) is 0 Å². The van der Waals surface area contributed by atoms with Crippen LogP contribution >= 0.6 is 38.5 Å². The summed E-state index contributed by atoms with van der Waals surface area (Å²) < 4.78 is 14.1. The molecule has 0 aliphatic rings. The van der Waals surface area contributed by atoms with E-state index in [4.69, 9.17) is 5.11 Å². The summed E-state index contributed by atoms with van der Waals surface area (Å²) >= 11 is 5.02. The molecule has 0 aromatic heterocycles. The van der Waals surface area contributed by atoms with Crippen molar-refractivity contribution in [3.05, 3.63) is 31.6 Å². The Morgan fingerprint density at radius 3 is 2.77 bits per heavy atom. The summed E-state index contributed by atoms with van der Waals surface area (Å²) in [7, 11) is 0. The maximum Gasteiger partial charge on any atom is 0.307 e. The highest BCUT2D eigenvalue weighted by molar-refractivity contribution is 14.1. The maximum atomic E-state index is 13.0. The first-order chi connectivity index (χ1) is 6.00. The molecule has 0 saturated heterocycles. The Balaban J connectivity index is 3.08. The molecule has 1 aromatic carbocycles. The Kier molecular flexibility index (Phi) is 3.66. The van der Waals surface area contributed by atoms with Gasteiger partial charge in [0.2, 0.25) is 0 Å². The molecule has 1 rings (SSSR count). The summed E-state index contributed by atoms with van der Waals surface area (Å²) in [6.07, 6.45) is -0.172. The highest BCUT2D eigenvalue weighted by Gasteiger charge is 2.09. The second-order valence-corrected chi connectivity index (χ2v) is 4.44. The summed E-state index contributed by atoms with van der Waals surface area (Å²) in [5, 5.41) is 8.51. The highest BCUT2D eigenvalue weighted by Crippen LogP contribution is 2.22. The molecule has 0 unspecified atom stereocenters. The molecule has 13 heavy (non-hydrogen) atoms. The molecule has 1 aromatic rings. The SMILES string of the molecule is O=C(O)Cc1cc(F)c(I)cc1Br. The summed E-state index contributed by atoms with van der Waals surface area (Å²) in [5.74, 6) is -1.36. The van der Waals surface area contributed by atoms with Gasteiger partial charge in [0, 0.05) is 8.04 Å². The zero-order chi connectivity index (χ0) is 10.0. The molecule has 0 fully saturated rings. The molecule has 0 atom stereocenters. The summed E-state index contributed by atoms with van der Waals surface area (Å²) in [6.45, 7) is 0. The van der Waals surface area contributed by atoms with E-state index < -0.39 is 5.97 Å². The number of rotatable bonds is 2. The summed E-state index contributed by atoms with van der Waals surface area (Å²) in [4.78, 5) is 10.4. The number of benzene rings is 1. The van der Waals surface area contributed by atoms with Gasteiger partial charge in [0.25, 0.3) is 0 Å². The van der Waals surface area contributed by atoms with Gasteiger partial charge in [-0.2, -0.15) is 0 Å². The van der Waals surface area contributed by atoms with Gasteiger partial charge >= 0.3 is 5.97 Å². The van der Waals surface area contributed by atoms with Crippen molar-refractivity contribution in [2.75, 3.05) is 0 Å². The predicted octanol–water partition coefficient (Wildman–Crippen LogP) is 2.82. The number of halogens is 3. The minimum Gasteiger partial charge on any atom is -0.481 e. The standard InChI is InChI=1S/C8H5BrFIO2/c9-5-3-7(11)6(10)1-4(5)2-8(12)13/h1,3H,2H2,(H,12,13). The second kappa shape index (κ2) is 4.36. The van der Waals surface area contributed by atoms with Gasteiger partial charge in [-0.1, -0.05) is 15.9 Å². The van der Waals surface area contributed by atoms with Crippen molar-refractivity contribution < 1.29 is 14.3 Å². The molecule has 2 nitrogen and oxygen atoms in total. The zero-order valence-electron chi connectivity index (χ0n) is 6.35. The fraction of sp³-hybridized carbons (Fsp3) is 0.125. The third-order valence-electron chi connectivity index (χ3n) is 1.43. The lowest BCUT2D eigenvalue weighted by molar-refractivity contribution is -0.136. The third-order valence-corrected chi connectivity index (χ3v) is 3.00. The number of carboxylic acids is 1. The van der Waals surface area contributed by atoms with E-state index in [1.54, 1.807) is 6.07 Å². The van der Waals surface area contributed by atoms with Crippen LogP contribution in [-0.4, -0.2) is 11.1 Å². The molecule has 0 aliphatic heterocycles. The Morgan fingerprint density at radius 2 is 2.23 bits per heavy atom. The van der Waals surface area contributed by atoms with Crippen LogP contribution in [0.5, 0.6) is 0 Å². The fourth-order valence-corrected chi connectivity index (χ4v) is 2.24. The zero-order valence-corrected chi connectivity index (χ0v) is 10.1. The Hall–Kier alpha value is -0.170. The van der Waals surface area contributed by atoms with Crippen LogP contribution in [-0.2, 0) is 11.2 Å². The molecule has 1 N–H and O–H groups in total. The van der Waals surface area contributed by atoms with Crippen LogP contribution in [0.25, 0.3) is 0 Å². The van der Waals surface area contributed by atoms with E-state index in [0.29, 0.717) is 13.6 Å². The maximum absolute atomic E-state index is 13.0. The molecule has 5 heteroatoms. The molecule has 70 valence electrons. The number of carbonyl (C=O) groups is 1. The lowest BCUT2D eigenvalue weighted by atomic mass is 10.1. The van der Waals surface area contributed by atoms with Crippen molar-refractivity contribution in [2.45, 2.75) is 6.42 Å². The van der Waals surface area contributed by atoms with Gasteiger partial charge in [-0.15, -0.1) is 0 Å². The van der Waals surface area contributed by atoms with Gasteiger partial charge in [0.15, 0.2) is 0 Å². The smallest absolute Gasteiger partial charge is 0.307 e. The number of hydrogen-bond donors (Lipinski definition) is 1. The molecule has 0 saturated carbocycles. The Bertz CT molecular complexity index is 354. The minimum absolute atomic E-state index is 0.172. The molecule has 0 amide bonds. The van der Waals surface area contributed by atoms with Crippen LogP contribution in [0.1, 0.15) is 5.56 Å².